The molecule has 0 spiro atoms. The zero-order valence-corrected chi connectivity index (χ0v) is 15.7. The molecule has 138 valence electrons. The van der Waals surface area contributed by atoms with Crippen LogP contribution in [0.15, 0.2) is 42.9 Å². The number of carbonyl (C=O) groups excluding carboxylic acids is 1. The van der Waals surface area contributed by atoms with E-state index in [0.717, 1.165) is 16.5 Å². The fourth-order valence-corrected chi connectivity index (χ4v) is 3.34. The Labute approximate surface area is 156 Å². The average Bonchev–Trinajstić information content (AvgIpc) is 3.22. The molecule has 3 heterocycles. The van der Waals surface area contributed by atoms with Crippen molar-refractivity contribution in [3.8, 4) is 11.3 Å². The molecule has 0 radical (unpaired) electrons. The number of nitrogens with zero attached hydrogens (tertiary/aromatic N) is 3. The Morgan fingerprint density at radius 1 is 1.26 bits per heavy atom. The van der Waals surface area contributed by atoms with Crippen molar-refractivity contribution in [2.24, 2.45) is 5.41 Å². The number of hydrogen-bond acceptors (Lipinski definition) is 4. The maximum atomic E-state index is 12.8. The number of rotatable bonds is 4. The summed E-state index contributed by atoms with van der Waals surface area (Å²) in [6.45, 7) is 6.26. The standard InChI is InChI=1S/C21H22N4O2/c1-21(2,3)19(27)14-10-22-20-18(14)24-16(11-23-20)15-12-25(8-9-26)17-7-5-4-6-13(15)17/h4-7,10-12,26H,8-9H2,1-3H3,(H,22,23). The zero-order chi connectivity index (χ0) is 19.2. The molecule has 27 heavy (non-hydrogen) atoms. The van der Waals surface area contributed by atoms with Crippen molar-refractivity contribution in [3.63, 3.8) is 0 Å². The van der Waals surface area contributed by atoms with E-state index in [-0.39, 0.29) is 12.4 Å². The number of aromatic nitrogens is 4. The van der Waals surface area contributed by atoms with E-state index in [1.165, 1.54) is 0 Å². The fraction of sp³-hybridized carbons (Fsp3) is 0.286. The van der Waals surface area contributed by atoms with Gasteiger partial charge in [-0.2, -0.15) is 0 Å². The van der Waals surface area contributed by atoms with Crippen molar-refractivity contribution in [1.29, 1.82) is 0 Å². The van der Waals surface area contributed by atoms with E-state index in [1.807, 2.05) is 55.8 Å². The van der Waals surface area contributed by atoms with Gasteiger partial charge in [-0.25, -0.2) is 9.97 Å². The Bertz CT molecular complexity index is 1150. The highest BCUT2D eigenvalue weighted by Crippen LogP contribution is 2.31. The topological polar surface area (TPSA) is 83.8 Å². The van der Waals surface area contributed by atoms with Gasteiger partial charge in [0.15, 0.2) is 11.4 Å². The number of H-pyrrole nitrogens is 1. The van der Waals surface area contributed by atoms with Gasteiger partial charge in [-0.1, -0.05) is 39.0 Å². The van der Waals surface area contributed by atoms with Gasteiger partial charge in [0.2, 0.25) is 0 Å². The minimum atomic E-state index is -0.496. The first kappa shape index (κ1) is 17.4. The number of carbonyl (C=O) groups is 1. The summed E-state index contributed by atoms with van der Waals surface area (Å²) in [7, 11) is 0. The van der Waals surface area contributed by atoms with Crippen LogP contribution < -0.4 is 0 Å². The summed E-state index contributed by atoms with van der Waals surface area (Å²) in [4.78, 5) is 25.1. The van der Waals surface area contributed by atoms with Gasteiger partial charge in [-0.15, -0.1) is 0 Å². The van der Waals surface area contributed by atoms with Crippen LogP contribution in [0.5, 0.6) is 0 Å². The quantitative estimate of drug-likeness (QED) is 0.541. The maximum absolute atomic E-state index is 12.8. The van der Waals surface area contributed by atoms with Crippen LogP contribution in [0.3, 0.4) is 0 Å². The minimum absolute atomic E-state index is 0.0305. The Morgan fingerprint density at radius 2 is 2.04 bits per heavy atom. The molecule has 0 atom stereocenters. The largest absolute Gasteiger partial charge is 0.395 e. The van der Waals surface area contributed by atoms with Crippen LogP contribution in [0.4, 0.5) is 0 Å². The average molecular weight is 362 g/mol. The molecule has 0 aliphatic rings. The fourth-order valence-electron chi connectivity index (χ4n) is 3.34. The van der Waals surface area contributed by atoms with Crippen molar-refractivity contribution in [2.45, 2.75) is 27.3 Å². The van der Waals surface area contributed by atoms with Crippen molar-refractivity contribution in [1.82, 2.24) is 19.5 Å². The van der Waals surface area contributed by atoms with E-state index in [1.54, 1.807) is 12.4 Å². The van der Waals surface area contributed by atoms with Crippen molar-refractivity contribution >= 4 is 27.9 Å². The molecular formula is C21H22N4O2. The smallest absolute Gasteiger partial charge is 0.171 e. The number of para-hydroxylation sites is 1. The third kappa shape index (κ3) is 2.92. The van der Waals surface area contributed by atoms with E-state index in [4.69, 9.17) is 4.98 Å². The number of nitrogens with one attached hydrogen (secondary N) is 1. The number of ketones is 1. The number of benzene rings is 1. The molecule has 2 N–H and O–H groups in total. The number of aliphatic hydroxyl groups excluding tert-OH is 1. The molecule has 4 aromatic rings. The lowest BCUT2D eigenvalue weighted by Gasteiger charge is -2.15. The summed E-state index contributed by atoms with van der Waals surface area (Å²) in [6, 6.07) is 8.00. The molecule has 0 saturated carbocycles. The van der Waals surface area contributed by atoms with Gasteiger partial charge in [0.05, 0.1) is 24.1 Å². The zero-order valence-electron chi connectivity index (χ0n) is 15.7. The van der Waals surface area contributed by atoms with E-state index >= 15 is 0 Å². The first-order valence-electron chi connectivity index (χ1n) is 8.98. The number of hydrogen-bond donors (Lipinski definition) is 2. The Morgan fingerprint density at radius 3 is 2.78 bits per heavy atom. The molecule has 0 fully saturated rings. The Hall–Kier alpha value is -2.99. The lowest BCUT2D eigenvalue weighted by molar-refractivity contribution is 0.0860. The molecule has 6 nitrogen and oxygen atoms in total. The van der Waals surface area contributed by atoms with E-state index in [2.05, 4.69) is 9.97 Å². The van der Waals surface area contributed by atoms with E-state index in [0.29, 0.717) is 29.0 Å². The lowest BCUT2D eigenvalue weighted by Crippen LogP contribution is -2.20. The van der Waals surface area contributed by atoms with Gasteiger partial charge in [0, 0.05) is 40.8 Å². The number of Topliss-reactive ketones (excluding diaryl/α,β-unsaturated/α-hetero) is 1. The van der Waals surface area contributed by atoms with Crippen LogP contribution in [0.2, 0.25) is 0 Å². The summed E-state index contributed by atoms with van der Waals surface area (Å²) in [5, 5.41) is 10.4. The number of aromatic amines is 1. The minimum Gasteiger partial charge on any atom is -0.395 e. The van der Waals surface area contributed by atoms with Gasteiger partial charge in [-0.3, -0.25) is 4.79 Å². The van der Waals surface area contributed by atoms with Crippen LogP contribution >= 0.6 is 0 Å². The summed E-state index contributed by atoms with van der Waals surface area (Å²) in [5.74, 6) is 0.0305. The SMILES string of the molecule is CC(C)(C)C(=O)c1c[nH]c2ncc(-c3cn(CCO)c4ccccc34)nc12. The van der Waals surface area contributed by atoms with Gasteiger partial charge >= 0.3 is 0 Å². The summed E-state index contributed by atoms with van der Waals surface area (Å²) in [5.41, 5.74) is 3.93. The maximum Gasteiger partial charge on any atom is 0.171 e. The molecule has 0 saturated heterocycles. The summed E-state index contributed by atoms with van der Waals surface area (Å²) >= 11 is 0. The highest BCUT2D eigenvalue weighted by Gasteiger charge is 2.26. The molecule has 0 aliphatic heterocycles. The second kappa shape index (κ2) is 6.32. The van der Waals surface area contributed by atoms with Crippen LogP contribution in [-0.4, -0.2) is 37.0 Å². The summed E-state index contributed by atoms with van der Waals surface area (Å²) in [6.07, 6.45) is 5.39. The van der Waals surface area contributed by atoms with Gasteiger partial charge in [0.1, 0.15) is 5.52 Å². The molecule has 4 rings (SSSR count). The van der Waals surface area contributed by atoms with Crippen LogP contribution in [0, 0.1) is 5.41 Å². The van der Waals surface area contributed by atoms with Crippen molar-refractivity contribution < 1.29 is 9.90 Å². The van der Waals surface area contributed by atoms with Gasteiger partial charge < -0.3 is 14.7 Å². The lowest BCUT2D eigenvalue weighted by atomic mass is 9.87. The molecule has 0 aliphatic carbocycles. The first-order valence-corrected chi connectivity index (χ1v) is 8.98. The van der Waals surface area contributed by atoms with E-state index < -0.39 is 5.41 Å². The van der Waals surface area contributed by atoms with Gasteiger partial charge in [-0.05, 0) is 6.07 Å². The first-order chi connectivity index (χ1) is 12.9. The van der Waals surface area contributed by atoms with Crippen molar-refractivity contribution in [3.05, 3.63) is 48.4 Å². The third-order valence-electron chi connectivity index (χ3n) is 4.71. The second-order valence-electron chi connectivity index (χ2n) is 7.71. The van der Waals surface area contributed by atoms with Crippen LogP contribution in [-0.2, 0) is 6.54 Å². The van der Waals surface area contributed by atoms with Gasteiger partial charge in [0.25, 0.3) is 0 Å². The predicted molar refractivity (Wildman–Crippen MR) is 106 cm³/mol. The number of aliphatic hydroxyl groups is 1. The normalized spacial score (nSPS) is 12.1. The molecule has 0 amide bonds. The van der Waals surface area contributed by atoms with Crippen LogP contribution in [0.1, 0.15) is 31.1 Å². The molecule has 6 heteroatoms. The molecule has 0 bridgehead atoms. The molecule has 0 unspecified atom stereocenters. The second-order valence-corrected chi connectivity index (χ2v) is 7.71. The number of fused-ring (bicyclic) bond motifs is 2. The van der Waals surface area contributed by atoms with Crippen LogP contribution in [0.25, 0.3) is 33.3 Å². The predicted octanol–water partition coefficient (Wildman–Crippen LogP) is 3.80. The molecular weight excluding hydrogens is 340 g/mol. The van der Waals surface area contributed by atoms with Crippen molar-refractivity contribution in [2.75, 3.05) is 6.61 Å². The summed E-state index contributed by atoms with van der Waals surface area (Å²) < 4.78 is 2.01. The monoisotopic (exact) mass is 362 g/mol. The highest BCUT2D eigenvalue weighted by molar-refractivity contribution is 6.08. The third-order valence-corrected chi connectivity index (χ3v) is 4.71. The van der Waals surface area contributed by atoms with E-state index in [9.17, 15) is 9.90 Å². The Balaban J connectivity index is 1.91. The molecule has 1 aromatic carbocycles. The highest BCUT2D eigenvalue weighted by atomic mass is 16.3. The molecule has 3 aromatic heterocycles. The Kier molecular flexibility index (Phi) is 4.08.